The largest absolute Gasteiger partial charge is 0.320 e. The maximum atomic E-state index is 13.1. The van der Waals surface area contributed by atoms with Crippen LogP contribution >= 0.6 is 15.9 Å². The molecule has 0 aromatic heterocycles. The van der Waals surface area contributed by atoms with Gasteiger partial charge in [-0.1, -0.05) is 34.1 Å². The van der Waals surface area contributed by atoms with Crippen molar-refractivity contribution in [1.29, 1.82) is 0 Å². The molecular weight excluding hydrogens is 288 g/mol. The maximum absolute atomic E-state index is 13.1. The van der Waals surface area contributed by atoms with Crippen LogP contribution in [0.1, 0.15) is 17.2 Å². The van der Waals surface area contributed by atoms with Crippen LogP contribution in [0.25, 0.3) is 0 Å². The normalized spacial score (nSPS) is 12.5. The molecule has 0 spiro atoms. The molecule has 0 aliphatic heterocycles. The number of hydrogen-bond acceptors (Lipinski definition) is 1. The van der Waals surface area contributed by atoms with Crippen LogP contribution < -0.4 is 5.73 Å². The second kappa shape index (κ2) is 4.94. The number of hydrogen-bond donors (Lipinski definition) is 1. The highest BCUT2D eigenvalue weighted by atomic mass is 79.9. The van der Waals surface area contributed by atoms with E-state index in [0.717, 1.165) is 16.1 Å². The summed E-state index contributed by atoms with van der Waals surface area (Å²) in [5.74, 6) is -1.25. The Morgan fingerprint density at radius 1 is 1.00 bits per heavy atom. The molecule has 88 valence electrons. The zero-order valence-corrected chi connectivity index (χ0v) is 10.4. The molecule has 0 aliphatic rings. The average Bonchev–Trinajstić information content (AvgIpc) is 2.27. The van der Waals surface area contributed by atoms with E-state index >= 15 is 0 Å². The Balaban J connectivity index is 2.43. The highest BCUT2D eigenvalue weighted by Gasteiger charge is 2.13. The molecule has 1 nitrogen and oxygen atoms in total. The number of nitrogens with two attached hydrogens (primary N) is 1. The fraction of sp³-hybridized carbons (Fsp3) is 0.0769. The molecule has 0 radical (unpaired) electrons. The van der Waals surface area contributed by atoms with Crippen LogP contribution in [0.2, 0.25) is 0 Å². The summed E-state index contributed by atoms with van der Waals surface area (Å²) in [7, 11) is 0. The molecule has 0 heterocycles. The van der Waals surface area contributed by atoms with Gasteiger partial charge < -0.3 is 5.73 Å². The van der Waals surface area contributed by atoms with Gasteiger partial charge in [0.15, 0.2) is 0 Å². The van der Waals surface area contributed by atoms with Crippen molar-refractivity contribution < 1.29 is 8.78 Å². The van der Waals surface area contributed by atoms with Crippen LogP contribution in [0, 0.1) is 11.6 Å². The third kappa shape index (κ3) is 2.70. The summed E-state index contributed by atoms with van der Waals surface area (Å²) in [5, 5.41) is 0. The van der Waals surface area contributed by atoms with Crippen molar-refractivity contribution in [3.63, 3.8) is 0 Å². The van der Waals surface area contributed by atoms with E-state index in [1.165, 1.54) is 12.1 Å². The van der Waals surface area contributed by atoms with E-state index in [4.69, 9.17) is 5.73 Å². The molecule has 2 N–H and O–H groups in total. The van der Waals surface area contributed by atoms with E-state index in [0.29, 0.717) is 5.56 Å². The fourth-order valence-electron chi connectivity index (χ4n) is 1.66. The first kappa shape index (κ1) is 12.2. The molecular formula is C13H10BrF2N. The zero-order valence-electron chi connectivity index (χ0n) is 8.83. The highest BCUT2D eigenvalue weighted by Crippen LogP contribution is 2.27. The highest BCUT2D eigenvalue weighted by molar-refractivity contribution is 9.10. The molecule has 1 atom stereocenters. The molecule has 2 rings (SSSR count). The Hall–Kier alpha value is -1.26. The van der Waals surface area contributed by atoms with Gasteiger partial charge in [-0.05, 0) is 29.3 Å². The minimum atomic E-state index is -0.623. The Labute approximate surface area is 106 Å². The molecule has 0 aliphatic carbocycles. The SMILES string of the molecule is NC(c1cc(F)cc(F)c1)c1ccccc1Br. The van der Waals surface area contributed by atoms with E-state index in [1.54, 1.807) is 0 Å². The molecule has 1 unspecified atom stereocenters. The number of rotatable bonds is 2. The predicted molar refractivity (Wildman–Crippen MR) is 66.5 cm³/mol. The Kier molecular flexibility index (Phi) is 3.54. The summed E-state index contributed by atoms with van der Waals surface area (Å²) in [6.07, 6.45) is 0. The predicted octanol–water partition coefficient (Wildman–Crippen LogP) is 3.78. The molecule has 2 aromatic carbocycles. The summed E-state index contributed by atoms with van der Waals surface area (Å²) < 4.78 is 27.0. The van der Waals surface area contributed by atoms with Crippen LogP contribution in [0.15, 0.2) is 46.9 Å². The van der Waals surface area contributed by atoms with Crippen LogP contribution in [-0.4, -0.2) is 0 Å². The zero-order chi connectivity index (χ0) is 12.4. The van der Waals surface area contributed by atoms with Gasteiger partial charge in [-0.2, -0.15) is 0 Å². The summed E-state index contributed by atoms with van der Waals surface area (Å²) in [6.45, 7) is 0. The van der Waals surface area contributed by atoms with Crippen molar-refractivity contribution in [3.05, 3.63) is 69.7 Å². The van der Waals surface area contributed by atoms with Crippen molar-refractivity contribution in [2.24, 2.45) is 5.73 Å². The van der Waals surface area contributed by atoms with Crippen molar-refractivity contribution in [1.82, 2.24) is 0 Å². The van der Waals surface area contributed by atoms with Gasteiger partial charge in [0.1, 0.15) is 11.6 Å². The lowest BCUT2D eigenvalue weighted by atomic mass is 9.99. The topological polar surface area (TPSA) is 26.0 Å². The lowest BCUT2D eigenvalue weighted by Gasteiger charge is -2.14. The van der Waals surface area contributed by atoms with Crippen molar-refractivity contribution in [2.75, 3.05) is 0 Å². The second-order valence-electron chi connectivity index (χ2n) is 3.70. The minimum absolute atomic E-state index is 0.411. The van der Waals surface area contributed by atoms with Gasteiger partial charge in [0.2, 0.25) is 0 Å². The van der Waals surface area contributed by atoms with Gasteiger partial charge in [0.25, 0.3) is 0 Å². The monoisotopic (exact) mass is 297 g/mol. The molecule has 17 heavy (non-hydrogen) atoms. The lowest BCUT2D eigenvalue weighted by Crippen LogP contribution is -2.13. The van der Waals surface area contributed by atoms with E-state index in [9.17, 15) is 8.78 Å². The van der Waals surface area contributed by atoms with Crippen LogP contribution in [0.4, 0.5) is 8.78 Å². The summed E-state index contributed by atoms with van der Waals surface area (Å²) in [5.41, 5.74) is 7.19. The maximum Gasteiger partial charge on any atom is 0.126 e. The third-order valence-electron chi connectivity index (χ3n) is 2.48. The van der Waals surface area contributed by atoms with Crippen LogP contribution in [-0.2, 0) is 0 Å². The first-order valence-corrected chi connectivity index (χ1v) is 5.83. The number of benzene rings is 2. The van der Waals surface area contributed by atoms with E-state index in [-0.39, 0.29) is 0 Å². The van der Waals surface area contributed by atoms with Gasteiger partial charge >= 0.3 is 0 Å². The molecule has 0 fully saturated rings. The van der Waals surface area contributed by atoms with Crippen molar-refractivity contribution in [3.8, 4) is 0 Å². The van der Waals surface area contributed by atoms with Crippen molar-refractivity contribution >= 4 is 15.9 Å². The van der Waals surface area contributed by atoms with E-state index < -0.39 is 17.7 Å². The molecule has 0 saturated carbocycles. The standard InChI is InChI=1S/C13H10BrF2N/c14-12-4-2-1-3-11(12)13(17)8-5-9(15)7-10(16)6-8/h1-7,13H,17H2. The Morgan fingerprint density at radius 2 is 1.59 bits per heavy atom. The van der Waals surface area contributed by atoms with Crippen molar-refractivity contribution in [2.45, 2.75) is 6.04 Å². The average molecular weight is 298 g/mol. The minimum Gasteiger partial charge on any atom is -0.320 e. The summed E-state index contributed by atoms with van der Waals surface area (Å²) in [6, 6.07) is 10.1. The molecule has 4 heteroatoms. The molecule has 0 saturated heterocycles. The molecule has 2 aromatic rings. The fourth-order valence-corrected chi connectivity index (χ4v) is 2.19. The Morgan fingerprint density at radius 3 is 2.18 bits per heavy atom. The first-order chi connectivity index (χ1) is 8.08. The molecule has 0 bridgehead atoms. The second-order valence-corrected chi connectivity index (χ2v) is 4.56. The first-order valence-electron chi connectivity index (χ1n) is 5.04. The van der Waals surface area contributed by atoms with Crippen LogP contribution in [0.5, 0.6) is 0 Å². The Bertz CT molecular complexity index is 522. The van der Waals surface area contributed by atoms with Gasteiger partial charge in [0.05, 0.1) is 6.04 Å². The van der Waals surface area contributed by atoms with Gasteiger partial charge in [-0.15, -0.1) is 0 Å². The van der Waals surface area contributed by atoms with Gasteiger partial charge in [-0.3, -0.25) is 0 Å². The van der Waals surface area contributed by atoms with Gasteiger partial charge in [-0.25, -0.2) is 8.78 Å². The van der Waals surface area contributed by atoms with Gasteiger partial charge in [0, 0.05) is 10.5 Å². The summed E-state index contributed by atoms with van der Waals surface area (Å²) in [4.78, 5) is 0. The lowest BCUT2D eigenvalue weighted by molar-refractivity contribution is 0.577. The van der Waals surface area contributed by atoms with E-state index in [2.05, 4.69) is 15.9 Å². The summed E-state index contributed by atoms with van der Waals surface area (Å²) >= 11 is 3.36. The van der Waals surface area contributed by atoms with E-state index in [1.807, 2.05) is 24.3 Å². The quantitative estimate of drug-likeness (QED) is 0.897. The third-order valence-corrected chi connectivity index (χ3v) is 3.21. The smallest absolute Gasteiger partial charge is 0.126 e. The van der Waals surface area contributed by atoms with Crippen LogP contribution in [0.3, 0.4) is 0 Å². The molecule has 0 amide bonds. The number of halogens is 3.